The van der Waals surface area contributed by atoms with Crippen LogP contribution in [0, 0.1) is 5.82 Å². The Kier molecular flexibility index (Phi) is 4.58. The molecule has 120 valence electrons. The van der Waals surface area contributed by atoms with Gasteiger partial charge in [0.15, 0.2) is 0 Å². The molecule has 24 heavy (non-hydrogen) atoms. The standard InChI is InChI=1S/C20H15FO2S/c21-20-9-5-4-6-17(20)13-10-16-11-14-19(15-12-16)24(22,23)18-7-2-1-3-8-18/h1-15H/b13-10+. The first-order chi connectivity index (χ1) is 11.6. The molecule has 0 bridgehead atoms. The molecule has 3 aromatic carbocycles. The summed E-state index contributed by atoms with van der Waals surface area (Å²) in [6.45, 7) is 0. The highest BCUT2D eigenvalue weighted by Gasteiger charge is 2.16. The van der Waals surface area contributed by atoms with Crippen molar-refractivity contribution in [1.29, 1.82) is 0 Å². The first-order valence-electron chi connectivity index (χ1n) is 7.40. The average molecular weight is 338 g/mol. The molecule has 0 saturated carbocycles. The van der Waals surface area contributed by atoms with E-state index in [-0.39, 0.29) is 15.6 Å². The molecule has 0 amide bonds. The fourth-order valence-electron chi connectivity index (χ4n) is 2.29. The molecule has 4 heteroatoms. The minimum Gasteiger partial charge on any atom is -0.219 e. The van der Waals surface area contributed by atoms with Crippen molar-refractivity contribution >= 4 is 22.0 Å². The third-order valence-electron chi connectivity index (χ3n) is 3.60. The molecule has 0 spiro atoms. The van der Waals surface area contributed by atoms with E-state index in [1.807, 2.05) is 0 Å². The Bertz CT molecular complexity index is 960. The fraction of sp³-hybridized carbons (Fsp3) is 0. The second-order valence-corrected chi connectivity index (χ2v) is 7.19. The lowest BCUT2D eigenvalue weighted by Crippen LogP contribution is -2.01. The maximum Gasteiger partial charge on any atom is 0.206 e. The summed E-state index contributed by atoms with van der Waals surface area (Å²) in [6.07, 6.45) is 3.41. The van der Waals surface area contributed by atoms with Gasteiger partial charge in [-0.25, -0.2) is 12.8 Å². The van der Waals surface area contributed by atoms with Gasteiger partial charge in [0.1, 0.15) is 5.82 Å². The quantitative estimate of drug-likeness (QED) is 0.639. The van der Waals surface area contributed by atoms with E-state index in [0.29, 0.717) is 5.56 Å². The lowest BCUT2D eigenvalue weighted by molar-refractivity contribution is 0.596. The third-order valence-corrected chi connectivity index (χ3v) is 5.39. The minimum atomic E-state index is -3.51. The van der Waals surface area contributed by atoms with Crippen LogP contribution in [0.25, 0.3) is 12.2 Å². The fourth-order valence-corrected chi connectivity index (χ4v) is 3.57. The second-order valence-electron chi connectivity index (χ2n) is 5.24. The van der Waals surface area contributed by atoms with Crippen molar-refractivity contribution in [2.75, 3.05) is 0 Å². The van der Waals surface area contributed by atoms with Crippen molar-refractivity contribution in [3.05, 3.63) is 95.8 Å². The van der Waals surface area contributed by atoms with Crippen LogP contribution in [0.5, 0.6) is 0 Å². The summed E-state index contributed by atoms with van der Waals surface area (Å²) in [5.74, 6) is -0.294. The molecule has 0 aliphatic carbocycles. The van der Waals surface area contributed by atoms with Crippen molar-refractivity contribution in [2.45, 2.75) is 9.79 Å². The van der Waals surface area contributed by atoms with E-state index in [4.69, 9.17) is 0 Å². The van der Waals surface area contributed by atoms with Gasteiger partial charge in [-0.3, -0.25) is 0 Å². The van der Waals surface area contributed by atoms with Crippen LogP contribution in [0.15, 0.2) is 88.7 Å². The molecular weight excluding hydrogens is 323 g/mol. The number of rotatable bonds is 4. The van der Waals surface area contributed by atoms with Crippen LogP contribution < -0.4 is 0 Å². The molecule has 0 fully saturated rings. The van der Waals surface area contributed by atoms with E-state index in [0.717, 1.165) is 5.56 Å². The maximum atomic E-state index is 13.6. The minimum absolute atomic E-state index is 0.233. The molecule has 0 unspecified atom stereocenters. The first kappa shape index (κ1) is 16.1. The summed E-state index contributed by atoms with van der Waals surface area (Å²) in [5, 5.41) is 0. The van der Waals surface area contributed by atoms with Gasteiger partial charge in [-0.15, -0.1) is 0 Å². The smallest absolute Gasteiger partial charge is 0.206 e. The van der Waals surface area contributed by atoms with Gasteiger partial charge < -0.3 is 0 Å². The molecule has 0 radical (unpaired) electrons. The first-order valence-corrected chi connectivity index (χ1v) is 8.88. The molecule has 0 heterocycles. The zero-order valence-electron chi connectivity index (χ0n) is 12.8. The number of halogens is 1. The summed E-state index contributed by atoms with van der Waals surface area (Å²) < 4.78 is 38.6. The van der Waals surface area contributed by atoms with Gasteiger partial charge in [-0.05, 0) is 35.9 Å². The number of hydrogen-bond donors (Lipinski definition) is 0. The van der Waals surface area contributed by atoms with E-state index < -0.39 is 9.84 Å². The van der Waals surface area contributed by atoms with Gasteiger partial charge >= 0.3 is 0 Å². The number of benzene rings is 3. The highest BCUT2D eigenvalue weighted by Crippen LogP contribution is 2.21. The van der Waals surface area contributed by atoms with Crippen LogP contribution in [0.3, 0.4) is 0 Å². The Labute approximate surface area is 140 Å². The second kappa shape index (κ2) is 6.81. The monoisotopic (exact) mass is 338 g/mol. The SMILES string of the molecule is O=S(=O)(c1ccccc1)c1ccc(/C=C/c2ccccc2F)cc1. The summed E-state index contributed by atoms with van der Waals surface area (Å²) in [6, 6.07) is 21.3. The van der Waals surface area contributed by atoms with Crippen LogP contribution in [0.1, 0.15) is 11.1 Å². The predicted molar refractivity (Wildman–Crippen MR) is 93.7 cm³/mol. The van der Waals surface area contributed by atoms with Gasteiger partial charge in [0, 0.05) is 5.56 Å². The number of sulfone groups is 1. The highest BCUT2D eigenvalue weighted by atomic mass is 32.2. The molecule has 0 aliphatic heterocycles. The Hall–Kier alpha value is -2.72. The van der Waals surface area contributed by atoms with Gasteiger partial charge in [-0.2, -0.15) is 0 Å². The average Bonchev–Trinajstić information content (AvgIpc) is 2.62. The highest BCUT2D eigenvalue weighted by molar-refractivity contribution is 7.91. The van der Waals surface area contributed by atoms with E-state index in [2.05, 4.69) is 0 Å². The van der Waals surface area contributed by atoms with Crippen molar-refractivity contribution in [2.24, 2.45) is 0 Å². The zero-order chi connectivity index (χ0) is 17.0. The molecule has 0 atom stereocenters. The van der Waals surface area contributed by atoms with Crippen molar-refractivity contribution < 1.29 is 12.8 Å². The van der Waals surface area contributed by atoms with Crippen molar-refractivity contribution in [3.8, 4) is 0 Å². The van der Waals surface area contributed by atoms with Crippen LogP contribution in [0.2, 0.25) is 0 Å². The molecule has 3 rings (SSSR count). The normalized spacial score (nSPS) is 11.7. The van der Waals surface area contributed by atoms with Gasteiger partial charge in [0.05, 0.1) is 9.79 Å². The van der Waals surface area contributed by atoms with E-state index >= 15 is 0 Å². The Morgan fingerprint density at radius 1 is 0.667 bits per heavy atom. The van der Waals surface area contributed by atoms with Gasteiger partial charge in [0.2, 0.25) is 9.84 Å². The largest absolute Gasteiger partial charge is 0.219 e. The molecule has 2 nitrogen and oxygen atoms in total. The van der Waals surface area contributed by atoms with Crippen LogP contribution in [0.4, 0.5) is 4.39 Å². The van der Waals surface area contributed by atoms with Crippen LogP contribution in [-0.4, -0.2) is 8.42 Å². The molecule has 0 aliphatic rings. The van der Waals surface area contributed by atoms with Crippen LogP contribution >= 0.6 is 0 Å². The van der Waals surface area contributed by atoms with Crippen molar-refractivity contribution in [3.63, 3.8) is 0 Å². The summed E-state index contributed by atoms with van der Waals surface area (Å²) in [4.78, 5) is 0.497. The molecule has 0 aromatic heterocycles. The topological polar surface area (TPSA) is 34.1 Å². The van der Waals surface area contributed by atoms with Crippen LogP contribution in [-0.2, 0) is 9.84 Å². The maximum absolute atomic E-state index is 13.6. The number of hydrogen-bond acceptors (Lipinski definition) is 2. The molecule has 3 aromatic rings. The molecule has 0 N–H and O–H groups in total. The molecule has 0 saturated heterocycles. The summed E-state index contributed by atoms with van der Waals surface area (Å²) >= 11 is 0. The molecular formula is C20H15FO2S. The zero-order valence-corrected chi connectivity index (χ0v) is 13.6. The summed E-state index contributed by atoms with van der Waals surface area (Å²) in [5.41, 5.74) is 1.28. The van der Waals surface area contributed by atoms with Crippen molar-refractivity contribution in [1.82, 2.24) is 0 Å². The Morgan fingerprint density at radius 3 is 1.92 bits per heavy atom. The lowest BCUT2D eigenvalue weighted by Gasteiger charge is -2.04. The lowest BCUT2D eigenvalue weighted by atomic mass is 10.1. The predicted octanol–water partition coefficient (Wildman–Crippen LogP) is 4.83. The third kappa shape index (κ3) is 3.44. The summed E-state index contributed by atoms with van der Waals surface area (Å²) in [7, 11) is -3.51. The van der Waals surface area contributed by atoms with Gasteiger partial charge in [-0.1, -0.05) is 60.7 Å². The Balaban J connectivity index is 1.85. The van der Waals surface area contributed by atoms with E-state index in [1.54, 1.807) is 84.9 Å². The van der Waals surface area contributed by atoms with Gasteiger partial charge in [0.25, 0.3) is 0 Å². The Morgan fingerprint density at radius 2 is 1.25 bits per heavy atom. The van der Waals surface area contributed by atoms with E-state index in [1.165, 1.54) is 6.07 Å². The van der Waals surface area contributed by atoms with E-state index in [9.17, 15) is 12.8 Å².